The van der Waals surface area contributed by atoms with Crippen molar-refractivity contribution < 1.29 is 9.90 Å². The fraction of sp³-hybridized carbons (Fsp3) is 0.667. The van der Waals surface area contributed by atoms with Crippen LogP contribution in [0.5, 0.6) is 0 Å². The summed E-state index contributed by atoms with van der Waals surface area (Å²) in [4.78, 5) is 10.3. The van der Waals surface area contributed by atoms with Gasteiger partial charge in [-0.25, -0.2) is 0 Å². The molecule has 0 aromatic carbocycles. The summed E-state index contributed by atoms with van der Waals surface area (Å²) < 4.78 is 0. The van der Waals surface area contributed by atoms with Crippen molar-refractivity contribution in [2.24, 2.45) is 16.8 Å². The zero-order valence-electron chi connectivity index (χ0n) is 6.03. The largest absolute Gasteiger partial charge is 0.480 e. The number of carboxylic acids is 1. The Hall–Kier alpha value is -1.10. The standard InChI is InChI=1S/C6H11N3O2/c7-5(6(10)11)1-4-2-8-9-3-4/h2,4-5,9H,1,3,7H2,(H,10,11). The van der Waals surface area contributed by atoms with Crippen LogP contribution in [-0.4, -0.2) is 29.9 Å². The lowest BCUT2D eigenvalue weighted by molar-refractivity contribution is -0.138. The van der Waals surface area contributed by atoms with Gasteiger partial charge in [-0.2, -0.15) is 5.10 Å². The lowest BCUT2D eigenvalue weighted by Crippen LogP contribution is -2.33. The normalized spacial score (nSPS) is 24.6. The lowest BCUT2D eigenvalue weighted by Gasteiger charge is -2.08. The van der Waals surface area contributed by atoms with Crippen molar-refractivity contribution in [3.8, 4) is 0 Å². The maximum atomic E-state index is 10.3. The fourth-order valence-electron chi connectivity index (χ4n) is 0.952. The van der Waals surface area contributed by atoms with Crippen LogP contribution in [0.2, 0.25) is 0 Å². The van der Waals surface area contributed by atoms with Gasteiger partial charge in [0, 0.05) is 18.7 Å². The third-order valence-corrected chi connectivity index (χ3v) is 1.60. The van der Waals surface area contributed by atoms with Gasteiger partial charge < -0.3 is 16.3 Å². The molecule has 5 heteroatoms. The molecular weight excluding hydrogens is 146 g/mol. The molecule has 0 spiro atoms. The van der Waals surface area contributed by atoms with Crippen LogP contribution < -0.4 is 11.2 Å². The Morgan fingerprint density at radius 1 is 2.00 bits per heavy atom. The van der Waals surface area contributed by atoms with E-state index in [9.17, 15) is 4.79 Å². The molecule has 1 heterocycles. The summed E-state index contributed by atoms with van der Waals surface area (Å²) in [5, 5.41) is 12.2. The van der Waals surface area contributed by atoms with E-state index in [0.717, 1.165) is 0 Å². The number of nitrogens with two attached hydrogens (primary N) is 1. The van der Waals surface area contributed by atoms with Crippen molar-refractivity contribution in [1.82, 2.24) is 5.43 Å². The Bertz CT molecular complexity index is 181. The average molecular weight is 157 g/mol. The maximum absolute atomic E-state index is 10.3. The first kappa shape index (κ1) is 8.00. The summed E-state index contributed by atoms with van der Waals surface area (Å²) in [7, 11) is 0. The number of aliphatic carboxylic acids is 1. The predicted octanol–water partition coefficient (Wildman–Crippen LogP) is -1.01. The van der Waals surface area contributed by atoms with Crippen LogP contribution >= 0.6 is 0 Å². The number of nitrogens with zero attached hydrogens (tertiary/aromatic N) is 1. The molecule has 1 aliphatic rings. The van der Waals surface area contributed by atoms with Gasteiger partial charge in [-0.3, -0.25) is 4.79 Å². The molecule has 0 saturated heterocycles. The van der Waals surface area contributed by atoms with E-state index in [4.69, 9.17) is 10.8 Å². The topological polar surface area (TPSA) is 87.7 Å². The monoisotopic (exact) mass is 157 g/mol. The first-order valence-electron chi connectivity index (χ1n) is 3.44. The molecule has 5 nitrogen and oxygen atoms in total. The zero-order chi connectivity index (χ0) is 8.27. The van der Waals surface area contributed by atoms with Crippen LogP contribution in [0.15, 0.2) is 5.10 Å². The number of hydrogen-bond acceptors (Lipinski definition) is 4. The predicted molar refractivity (Wildman–Crippen MR) is 40.2 cm³/mol. The molecule has 2 atom stereocenters. The summed E-state index contributed by atoms with van der Waals surface area (Å²) in [6.07, 6.45) is 2.15. The molecule has 2 unspecified atom stereocenters. The van der Waals surface area contributed by atoms with Crippen molar-refractivity contribution in [2.45, 2.75) is 12.5 Å². The summed E-state index contributed by atoms with van der Waals surface area (Å²) in [6, 6.07) is -0.772. The van der Waals surface area contributed by atoms with E-state index >= 15 is 0 Å². The highest BCUT2D eigenvalue weighted by Gasteiger charge is 2.18. The number of hydrogen-bond donors (Lipinski definition) is 3. The first-order valence-corrected chi connectivity index (χ1v) is 3.44. The Balaban J connectivity index is 2.29. The summed E-state index contributed by atoms with van der Waals surface area (Å²) >= 11 is 0. The van der Waals surface area contributed by atoms with Crippen molar-refractivity contribution in [3.05, 3.63) is 0 Å². The molecule has 0 aromatic heterocycles. The quantitative estimate of drug-likeness (QED) is 0.490. The first-order chi connectivity index (χ1) is 5.20. The summed E-state index contributed by atoms with van der Waals surface area (Å²) in [5.41, 5.74) is 8.04. The molecule has 0 amide bonds. The smallest absolute Gasteiger partial charge is 0.320 e. The van der Waals surface area contributed by atoms with Crippen LogP contribution in [0.25, 0.3) is 0 Å². The van der Waals surface area contributed by atoms with E-state index < -0.39 is 12.0 Å². The van der Waals surface area contributed by atoms with Crippen LogP contribution in [0.3, 0.4) is 0 Å². The zero-order valence-corrected chi connectivity index (χ0v) is 6.03. The second-order valence-electron chi connectivity index (χ2n) is 2.58. The molecular formula is C6H11N3O2. The van der Waals surface area contributed by atoms with E-state index in [1.54, 1.807) is 6.21 Å². The molecule has 4 N–H and O–H groups in total. The number of hydrazone groups is 1. The van der Waals surface area contributed by atoms with Gasteiger partial charge >= 0.3 is 5.97 Å². The van der Waals surface area contributed by atoms with Crippen LogP contribution in [-0.2, 0) is 4.79 Å². The molecule has 62 valence electrons. The number of carbonyl (C=O) groups is 1. The number of nitrogens with one attached hydrogen (secondary N) is 1. The highest BCUT2D eigenvalue weighted by Crippen LogP contribution is 2.05. The van der Waals surface area contributed by atoms with Crippen LogP contribution in [0.1, 0.15) is 6.42 Å². The van der Waals surface area contributed by atoms with Crippen molar-refractivity contribution in [2.75, 3.05) is 6.54 Å². The Morgan fingerprint density at radius 2 is 2.73 bits per heavy atom. The Kier molecular flexibility index (Phi) is 2.43. The fourth-order valence-corrected chi connectivity index (χ4v) is 0.952. The molecule has 1 aliphatic heterocycles. The SMILES string of the molecule is NC(CC1C=NNC1)C(=O)O. The highest BCUT2D eigenvalue weighted by atomic mass is 16.4. The Labute approximate surface area is 64.3 Å². The van der Waals surface area contributed by atoms with Crippen molar-refractivity contribution >= 4 is 12.2 Å². The summed E-state index contributed by atoms with van der Waals surface area (Å²) in [6.45, 7) is 0.695. The van der Waals surface area contributed by atoms with Gasteiger partial charge in [0.15, 0.2) is 0 Å². The van der Waals surface area contributed by atoms with E-state index in [-0.39, 0.29) is 5.92 Å². The molecule has 0 aliphatic carbocycles. The van der Waals surface area contributed by atoms with Crippen LogP contribution in [0.4, 0.5) is 0 Å². The minimum Gasteiger partial charge on any atom is -0.480 e. The second-order valence-corrected chi connectivity index (χ2v) is 2.58. The molecule has 0 bridgehead atoms. The van der Waals surface area contributed by atoms with Gasteiger partial charge in [0.25, 0.3) is 0 Å². The third-order valence-electron chi connectivity index (χ3n) is 1.60. The highest BCUT2D eigenvalue weighted by molar-refractivity contribution is 5.74. The van der Waals surface area contributed by atoms with Gasteiger partial charge in [-0.1, -0.05) is 0 Å². The van der Waals surface area contributed by atoms with E-state index in [2.05, 4.69) is 10.5 Å². The molecule has 0 radical (unpaired) electrons. The molecule has 11 heavy (non-hydrogen) atoms. The lowest BCUT2D eigenvalue weighted by atomic mass is 10.0. The molecule has 0 saturated carbocycles. The average Bonchev–Trinajstić information content (AvgIpc) is 2.39. The van der Waals surface area contributed by atoms with Crippen molar-refractivity contribution in [3.63, 3.8) is 0 Å². The minimum atomic E-state index is -0.953. The second kappa shape index (κ2) is 3.34. The van der Waals surface area contributed by atoms with E-state index in [1.165, 1.54) is 0 Å². The van der Waals surface area contributed by atoms with Crippen molar-refractivity contribution in [1.29, 1.82) is 0 Å². The summed E-state index contributed by atoms with van der Waals surface area (Å²) in [5.74, 6) is -0.786. The van der Waals surface area contributed by atoms with Gasteiger partial charge in [0.1, 0.15) is 6.04 Å². The molecule has 0 aromatic rings. The number of rotatable bonds is 3. The molecule has 0 fully saturated rings. The maximum Gasteiger partial charge on any atom is 0.320 e. The van der Waals surface area contributed by atoms with Crippen LogP contribution in [0, 0.1) is 5.92 Å². The Morgan fingerprint density at radius 3 is 3.18 bits per heavy atom. The van der Waals surface area contributed by atoms with Gasteiger partial charge in [0.05, 0.1) is 0 Å². The van der Waals surface area contributed by atoms with E-state index in [0.29, 0.717) is 13.0 Å². The minimum absolute atomic E-state index is 0.168. The van der Waals surface area contributed by atoms with Gasteiger partial charge in [-0.05, 0) is 6.42 Å². The third kappa shape index (κ3) is 2.19. The van der Waals surface area contributed by atoms with Gasteiger partial charge in [0.2, 0.25) is 0 Å². The molecule has 1 rings (SSSR count). The van der Waals surface area contributed by atoms with E-state index in [1.807, 2.05) is 0 Å². The number of carboxylic acid groups (broad SMARTS) is 1. The van der Waals surface area contributed by atoms with Gasteiger partial charge in [-0.15, -0.1) is 0 Å².